The zero-order valence-corrected chi connectivity index (χ0v) is 13.5. The summed E-state index contributed by atoms with van der Waals surface area (Å²) in [6.07, 6.45) is 5.21. The second-order valence-electron chi connectivity index (χ2n) is 4.52. The molecule has 1 aromatic rings. The van der Waals surface area contributed by atoms with Crippen molar-refractivity contribution in [3.05, 3.63) is 40.4 Å². The van der Waals surface area contributed by atoms with E-state index in [1.54, 1.807) is 23.9 Å². The van der Waals surface area contributed by atoms with Crippen LogP contribution in [0, 0.1) is 6.92 Å². The van der Waals surface area contributed by atoms with Gasteiger partial charge in [0, 0.05) is 11.1 Å². The van der Waals surface area contributed by atoms with Crippen molar-refractivity contribution in [2.24, 2.45) is 0 Å². The Labute approximate surface area is 133 Å². The predicted octanol–water partition coefficient (Wildman–Crippen LogP) is 2.98. The number of rotatable bonds is 7. The fourth-order valence-electron chi connectivity index (χ4n) is 1.60. The number of carboxylic acids is 1. The third-order valence-electron chi connectivity index (χ3n) is 2.85. The Kier molecular flexibility index (Phi) is 7.32. The highest BCUT2D eigenvalue weighted by Crippen LogP contribution is 2.17. The maximum atomic E-state index is 11.7. The van der Waals surface area contributed by atoms with Crippen LogP contribution in [0.25, 0.3) is 6.08 Å². The molecular formula is C15H18ClNO3S. The second kappa shape index (κ2) is 8.74. The minimum Gasteiger partial charge on any atom is -0.480 e. The van der Waals surface area contributed by atoms with E-state index in [-0.39, 0.29) is 0 Å². The first-order chi connectivity index (χ1) is 9.93. The number of carbonyl (C=O) groups is 2. The van der Waals surface area contributed by atoms with Crippen LogP contribution < -0.4 is 5.32 Å². The average Bonchev–Trinajstić information content (AvgIpc) is 2.44. The number of hydrogen-bond acceptors (Lipinski definition) is 3. The molecule has 0 saturated carbocycles. The van der Waals surface area contributed by atoms with E-state index in [4.69, 9.17) is 16.7 Å². The molecule has 0 aliphatic rings. The SMILES string of the molecule is CSCC[C@H](NC(=O)/C=C/c1ccc(C)c(Cl)c1)C(=O)O. The lowest BCUT2D eigenvalue weighted by Gasteiger charge is -2.12. The number of hydrogen-bond donors (Lipinski definition) is 2. The molecule has 0 fully saturated rings. The standard InChI is InChI=1S/C15H18ClNO3S/c1-10-3-4-11(9-12(10)16)5-6-14(18)17-13(15(19)20)7-8-21-2/h3-6,9,13H,7-8H2,1-2H3,(H,17,18)(H,19,20)/b6-5+/t13-/m0/s1. The van der Waals surface area contributed by atoms with Gasteiger partial charge >= 0.3 is 5.97 Å². The monoisotopic (exact) mass is 327 g/mol. The Morgan fingerprint density at radius 3 is 2.76 bits per heavy atom. The highest BCUT2D eigenvalue weighted by atomic mass is 35.5. The molecule has 114 valence electrons. The van der Waals surface area contributed by atoms with Crippen molar-refractivity contribution < 1.29 is 14.7 Å². The van der Waals surface area contributed by atoms with Gasteiger partial charge in [-0.05, 0) is 48.6 Å². The summed E-state index contributed by atoms with van der Waals surface area (Å²) < 4.78 is 0. The van der Waals surface area contributed by atoms with Crippen molar-refractivity contribution in [1.29, 1.82) is 0 Å². The fourth-order valence-corrected chi connectivity index (χ4v) is 2.26. The molecule has 1 amide bonds. The van der Waals surface area contributed by atoms with Gasteiger partial charge in [0.05, 0.1) is 0 Å². The fraction of sp³-hybridized carbons (Fsp3) is 0.333. The number of carboxylic acid groups (broad SMARTS) is 1. The van der Waals surface area contributed by atoms with Gasteiger partial charge in [-0.3, -0.25) is 4.79 Å². The van der Waals surface area contributed by atoms with Crippen LogP contribution in [0.15, 0.2) is 24.3 Å². The first kappa shape index (κ1) is 17.6. The molecule has 1 rings (SSSR count). The molecule has 0 heterocycles. The lowest BCUT2D eigenvalue weighted by molar-refractivity contribution is -0.141. The third kappa shape index (κ3) is 6.23. The van der Waals surface area contributed by atoms with E-state index >= 15 is 0 Å². The van der Waals surface area contributed by atoms with Crippen molar-refractivity contribution in [1.82, 2.24) is 5.32 Å². The van der Waals surface area contributed by atoms with Crippen LogP contribution in [0.5, 0.6) is 0 Å². The molecule has 21 heavy (non-hydrogen) atoms. The van der Waals surface area contributed by atoms with E-state index in [0.717, 1.165) is 11.1 Å². The summed E-state index contributed by atoms with van der Waals surface area (Å²) in [4.78, 5) is 22.8. The third-order valence-corrected chi connectivity index (χ3v) is 3.90. The van der Waals surface area contributed by atoms with Crippen molar-refractivity contribution in [3.63, 3.8) is 0 Å². The van der Waals surface area contributed by atoms with Crippen molar-refractivity contribution in [3.8, 4) is 0 Å². The van der Waals surface area contributed by atoms with Crippen molar-refractivity contribution >= 4 is 41.3 Å². The Morgan fingerprint density at radius 1 is 1.48 bits per heavy atom. The lowest BCUT2D eigenvalue weighted by atomic mass is 10.1. The van der Waals surface area contributed by atoms with E-state index in [0.29, 0.717) is 17.2 Å². The Bertz CT molecular complexity index is 546. The molecule has 6 heteroatoms. The molecule has 4 nitrogen and oxygen atoms in total. The van der Waals surface area contributed by atoms with Gasteiger partial charge in [0.2, 0.25) is 5.91 Å². The van der Waals surface area contributed by atoms with Crippen LogP contribution in [0.4, 0.5) is 0 Å². The molecular weight excluding hydrogens is 310 g/mol. The van der Waals surface area contributed by atoms with Crippen LogP contribution in [-0.2, 0) is 9.59 Å². The number of benzene rings is 1. The summed E-state index contributed by atoms with van der Waals surface area (Å²) in [5.74, 6) is -0.779. The first-order valence-corrected chi connectivity index (χ1v) is 8.17. The number of carbonyl (C=O) groups excluding carboxylic acids is 1. The van der Waals surface area contributed by atoms with Crippen LogP contribution in [-0.4, -0.2) is 35.0 Å². The summed E-state index contributed by atoms with van der Waals surface area (Å²) in [5.41, 5.74) is 1.75. The van der Waals surface area contributed by atoms with Gasteiger partial charge in [0.1, 0.15) is 6.04 Å². The van der Waals surface area contributed by atoms with Crippen molar-refractivity contribution in [2.45, 2.75) is 19.4 Å². The largest absolute Gasteiger partial charge is 0.480 e. The lowest BCUT2D eigenvalue weighted by Crippen LogP contribution is -2.40. The molecule has 0 aliphatic heterocycles. The van der Waals surface area contributed by atoms with Crippen LogP contribution >= 0.6 is 23.4 Å². The average molecular weight is 328 g/mol. The number of amides is 1. The Hall–Kier alpha value is -1.46. The maximum absolute atomic E-state index is 11.7. The van der Waals surface area contributed by atoms with Gasteiger partial charge < -0.3 is 10.4 Å². The number of aryl methyl sites for hydroxylation is 1. The molecule has 0 unspecified atom stereocenters. The highest BCUT2D eigenvalue weighted by molar-refractivity contribution is 7.98. The summed E-state index contributed by atoms with van der Waals surface area (Å²) >= 11 is 7.54. The van der Waals surface area contributed by atoms with Crippen molar-refractivity contribution in [2.75, 3.05) is 12.0 Å². The Morgan fingerprint density at radius 2 is 2.19 bits per heavy atom. The smallest absolute Gasteiger partial charge is 0.326 e. The van der Waals surface area contributed by atoms with Gasteiger partial charge in [-0.2, -0.15) is 11.8 Å². The van der Waals surface area contributed by atoms with E-state index in [1.165, 1.54) is 6.08 Å². The molecule has 1 aromatic carbocycles. The molecule has 0 radical (unpaired) electrons. The zero-order chi connectivity index (χ0) is 15.8. The minimum absolute atomic E-state index is 0.395. The molecule has 0 bridgehead atoms. The molecule has 0 aliphatic carbocycles. The Balaban J connectivity index is 2.64. The minimum atomic E-state index is -1.02. The normalized spacial score (nSPS) is 12.3. The summed E-state index contributed by atoms with van der Waals surface area (Å²) in [5, 5.41) is 12.1. The topological polar surface area (TPSA) is 66.4 Å². The highest BCUT2D eigenvalue weighted by Gasteiger charge is 2.17. The number of nitrogens with one attached hydrogen (secondary N) is 1. The summed E-state index contributed by atoms with van der Waals surface area (Å²) in [7, 11) is 0. The van der Waals surface area contributed by atoms with Crippen LogP contribution in [0.1, 0.15) is 17.5 Å². The van der Waals surface area contributed by atoms with E-state index in [1.807, 2.05) is 25.3 Å². The van der Waals surface area contributed by atoms with E-state index < -0.39 is 17.9 Å². The molecule has 2 N–H and O–H groups in total. The van der Waals surface area contributed by atoms with Gasteiger partial charge in [-0.25, -0.2) is 4.79 Å². The quantitative estimate of drug-likeness (QED) is 0.756. The van der Waals surface area contributed by atoms with Gasteiger partial charge in [-0.1, -0.05) is 23.7 Å². The van der Waals surface area contributed by atoms with E-state index in [9.17, 15) is 9.59 Å². The molecule has 0 spiro atoms. The molecule has 0 saturated heterocycles. The second-order valence-corrected chi connectivity index (χ2v) is 5.92. The van der Waals surface area contributed by atoms with Crippen LogP contribution in [0.3, 0.4) is 0 Å². The predicted molar refractivity (Wildman–Crippen MR) is 87.8 cm³/mol. The summed E-state index contributed by atoms with van der Waals surface area (Å²) in [6.45, 7) is 1.89. The molecule has 0 aromatic heterocycles. The van der Waals surface area contributed by atoms with Gasteiger partial charge in [0.15, 0.2) is 0 Å². The maximum Gasteiger partial charge on any atom is 0.326 e. The molecule has 1 atom stereocenters. The zero-order valence-electron chi connectivity index (χ0n) is 11.9. The van der Waals surface area contributed by atoms with Crippen LogP contribution in [0.2, 0.25) is 5.02 Å². The summed E-state index contributed by atoms with van der Waals surface area (Å²) in [6, 6.07) is 4.59. The number of thioether (sulfide) groups is 1. The number of halogens is 1. The number of aliphatic carboxylic acids is 1. The van der Waals surface area contributed by atoms with Gasteiger partial charge in [-0.15, -0.1) is 0 Å². The first-order valence-electron chi connectivity index (χ1n) is 6.40. The van der Waals surface area contributed by atoms with Gasteiger partial charge in [0.25, 0.3) is 0 Å². The van der Waals surface area contributed by atoms with E-state index in [2.05, 4.69) is 5.32 Å².